The van der Waals surface area contributed by atoms with Crippen molar-refractivity contribution in [3.05, 3.63) is 54.2 Å². The lowest BCUT2D eigenvalue weighted by molar-refractivity contribution is -0.124. The van der Waals surface area contributed by atoms with E-state index in [2.05, 4.69) is 15.6 Å². The third-order valence-corrected chi connectivity index (χ3v) is 3.75. The summed E-state index contributed by atoms with van der Waals surface area (Å²) >= 11 is 0. The molecule has 0 radical (unpaired) electrons. The van der Waals surface area contributed by atoms with Crippen LogP contribution in [0.2, 0.25) is 0 Å². The number of hydrogen-bond donors (Lipinski definition) is 2. The first-order valence-electron chi connectivity index (χ1n) is 8.16. The zero-order valence-electron chi connectivity index (χ0n) is 14.7. The number of carbonyl (C=O) groups excluding carboxylic acids is 2. The molecule has 0 aliphatic rings. The molecule has 0 aliphatic heterocycles. The minimum Gasteiger partial charge on any atom is -0.484 e. The van der Waals surface area contributed by atoms with Crippen molar-refractivity contribution in [2.24, 2.45) is 0 Å². The highest BCUT2D eigenvalue weighted by atomic mass is 16.5. The standard InChI is InChI=1S/C19H23N3O3/c1-4-19(2,3)22-17(23)13-25-15-10-8-14(9-11-15)18(24)21-16-7-5-6-12-20-16/h5-12H,4,13H2,1-3H3,(H,22,23)(H,20,21,24). The van der Waals surface area contributed by atoms with Crippen molar-refractivity contribution in [2.45, 2.75) is 32.7 Å². The Morgan fingerprint density at radius 2 is 1.84 bits per heavy atom. The van der Waals surface area contributed by atoms with E-state index in [0.29, 0.717) is 17.1 Å². The number of hydrogen-bond acceptors (Lipinski definition) is 4. The van der Waals surface area contributed by atoms with Gasteiger partial charge in [-0.15, -0.1) is 0 Å². The minimum absolute atomic E-state index is 0.0666. The van der Waals surface area contributed by atoms with E-state index in [1.54, 1.807) is 48.7 Å². The lowest BCUT2D eigenvalue weighted by atomic mass is 10.0. The van der Waals surface area contributed by atoms with E-state index in [4.69, 9.17) is 4.74 Å². The van der Waals surface area contributed by atoms with Crippen LogP contribution in [0.15, 0.2) is 48.7 Å². The second kappa shape index (κ2) is 8.28. The predicted molar refractivity (Wildman–Crippen MR) is 96.6 cm³/mol. The van der Waals surface area contributed by atoms with E-state index >= 15 is 0 Å². The average molecular weight is 341 g/mol. The summed E-state index contributed by atoms with van der Waals surface area (Å²) in [6.07, 6.45) is 2.44. The van der Waals surface area contributed by atoms with Crippen LogP contribution in [-0.4, -0.2) is 28.9 Å². The van der Waals surface area contributed by atoms with E-state index < -0.39 is 0 Å². The Bertz CT molecular complexity index is 712. The quantitative estimate of drug-likeness (QED) is 0.811. The van der Waals surface area contributed by atoms with Crippen LogP contribution >= 0.6 is 0 Å². The van der Waals surface area contributed by atoms with Crippen molar-refractivity contribution in [3.63, 3.8) is 0 Å². The van der Waals surface area contributed by atoms with Gasteiger partial charge in [-0.25, -0.2) is 4.98 Å². The van der Waals surface area contributed by atoms with Gasteiger partial charge in [-0.2, -0.15) is 0 Å². The summed E-state index contributed by atoms with van der Waals surface area (Å²) in [5.41, 5.74) is 0.225. The molecule has 2 N–H and O–H groups in total. The molecule has 2 aromatic rings. The fraction of sp³-hybridized carbons (Fsp3) is 0.316. The smallest absolute Gasteiger partial charge is 0.258 e. The van der Waals surface area contributed by atoms with Crippen LogP contribution in [-0.2, 0) is 4.79 Å². The number of amides is 2. The van der Waals surface area contributed by atoms with E-state index in [1.165, 1.54) is 0 Å². The zero-order chi connectivity index (χ0) is 18.3. The van der Waals surface area contributed by atoms with Crippen molar-refractivity contribution in [1.82, 2.24) is 10.3 Å². The normalized spacial score (nSPS) is 10.8. The van der Waals surface area contributed by atoms with Gasteiger partial charge >= 0.3 is 0 Å². The molecule has 132 valence electrons. The van der Waals surface area contributed by atoms with Crippen molar-refractivity contribution in [1.29, 1.82) is 0 Å². The molecule has 0 unspecified atom stereocenters. The van der Waals surface area contributed by atoms with Crippen LogP contribution in [0.5, 0.6) is 5.75 Å². The first-order valence-corrected chi connectivity index (χ1v) is 8.16. The first-order chi connectivity index (χ1) is 11.9. The SMILES string of the molecule is CCC(C)(C)NC(=O)COc1ccc(C(=O)Nc2ccccn2)cc1. The van der Waals surface area contributed by atoms with E-state index in [0.717, 1.165) is 6.42 Å². The molecule has 25 heavy (non-hydrogen) atoms. The fourth-order valence-electron chi connectivity index (χ4n) is 1.98. The highest BCUT2D eigenvalue weighted by Gasteiger charge is 2.17. The molecule has 1 aromatic carbocycles. The van der Waals surface area contributed by atoms with Crippen LogP contribution in [0.1, 0.15) is 37.6 Å². The van der Waals surface area contributed by atoms with Crippen molar-refractivity contribution < 1.29 is 14.3 Å². The highest BCUT2D eigenvalue weighted by molar-refractivity contribution is 6.03. The molecule has 0 saturated heterocycles. The van der Waals surface area contributed by atoms with E-state index in [-0.39, 0.29) is 24.0 Å². The van der Waals surface area contributed by atoms with Gasteiger partial charge in [-0.3, -0.25) is 9.59 Å². The summed E-state index contributed by atoms with van der Waals surface area (Å²) in [7, 11) is 0. The van der Waals surface area contributed by atoms with Gasteiger partial charge in [0.2, 0.25) is 0 Å². The van der Waals surface area contributed by atoms with Crippen molar-refractivity contribution in [2.75, 3.05) is 11.9 Å². The molecule has 6 nitrogen and oxygen atoms in total. The Balaban J connectivity index is 1.87. The Labute approximate surface area is 147 Å². The second-order valence-electron chi connectivity index (χ2n) is 6.27. The molecule has 0 saturated carbocycles. The highest BCUT2D eigenvalue weighted by Crippen LogP contribution is 2.14. The maximum absolute atomic E-state index is 12.1. The monoisotopic (exact) mass is 341 g/mol. The topological polar surface area (TPSA) is 80.3 Å². The third-order valence-electron chi connectivity index (χ3n) is 3.75. The molecule has 6 heteroatoms. The van der Waals surface area contributed by atoms with Gasteiger partial charge in [0.05, 0.1) is 0 Å². The van der Waals surface area contributed by atoms with Crippen LogP contribution < -0.4 is 15.4 Å². The third kappa shape index (κ3) is 5.91. The minimum atomic E-state index is -0.257. The number of nitrogens with one attached hydrogen (secondary N) is 2. The number of ether oxygens (including phenoxy) is 1. The predicted octanol–water partition coefficient (Wildman–Crippen LogP) is 3.02. The molecule has 0 aliphatic carbocycles. The largest absolute Gasteiger partial charge is 0.484 e. The summed E-state index contributed by atoms with van der Waals surface area (Å²) in [4.78, 5) is 28.0. The Morgan fingerprint density at radius 1 is 1.12 bits per heavy atom. The van der Waals surface area contributed by atoms with Crippen LogP contribution in [0.25, 0.3) is 0 Å². The second-order valence-corrected chi connectivity index (χ2v) is 6.27. The summed E-state index contributed by atoms with van der Waals surface area (Å²) in [6, 6.07) is 11.9. The molecule has 0 spiro atoms. The van der Waals surface area contributed by atoms with Gasteiger partial charge in [0.1, 0.15) is 11.6 Å². The Kier molecular flexibility index (Phi) is 6.11. The lowest BCUT2D eigenvalue weighted by Crippen LogP contribution is -2.44. The molecule has 1 heterocycles. The summed E-state index contributed by atoms with van der Waals surface area (Å²) < 4.78 is 5.46. The maximum Gasteiger partial charge on any atom is 0.258 e. The molecular weight excluding hydrogens is 318 g/mol. The van der Waals surface area contributed by atoms with Crippen LogP contribution in [0.4, 0.5) is 5.82 Å². The molecular formula is C19H23N3O3. The number of rotatable bonds is 7. The van der Waals surface area contributed by atoms with E-state index in [1.807, 2.05) is 20.8 Å². The summed E-state index contributed by atoms with van der Waals surface area (Å²) in [6.45, 7) is 5.86. The zero-order valence-corrected chi connectivity index (χ0v) is 14.7. The first kappa shape index (κ1) is 18.4. The Hall–Kier alpha value is -2.89. The fourth-order valence-corrected chi connectivity index (χ4v) is 1.98. The number of aromatic nitrogens is 1. The molecule has 0 atom stereocenters. The van der Waals surface area contributed by atoms with Crippen LogP contribution in [0, 0.1) is 0 Å². The van der Waals surface area contributed by atoms with E-state index in [9.17, 15) is 9.59 Å². The number of carbonyl (C=O) groups is 2. The molecule has 0 bridgehead atoms. The van der Waals surface area contributed by atoms with Gasteiger partial charge < -0.3 is 15.4 Å². The Morgan fingerprint density at radius 3 is 2.44 bits per heavy atom. The number of pyridine rings is 1. The number of benzene rings is 1. The van der Waals surface area contributed by atoms with Crippen LogP contribution in [0.3, 0.4) is 0 Å². The van der Waals surface area contributed by atoms with Gasteiger partial charge in [0.25, 0.3) is 11.8 Å². The summed E-state index contributed by atoms with van der Waals surface area (Å²) in [5.74, 6) is 0.582. The molecule has 2 amide bonds. The van der Waals surface area contributed by atoms with Gasteiger partial charge in [-0.1, -0.05) is 13.0 Å². The molecule has 1 aromatic heterocycles. The molecule has 0 fully saturated rings. The van der Waals surface area contributed by atoms with Crippen molar-refractivity contribution in [3.8, 4) is 5.75 Å². The number of anilines is 1. The maximum atomic E-state index is 12.1. The number of nitrogens with zero attached hydrogens (tertiary/aromatic N) is 1. The molecule has 2 rings (SSSR count). The summed E-state index contributed by atoms with van der Waals surface area (Å²) in [5, 5.41) is 5.60. The lowest BCUT2D eigenvalue weighted by Gasteiger charge is -2.24. The van der Waals surface area contributed by atoms with Gasteiger partial charge in [-0.05, 0) is 56.7 Å². The van der Waals surface area contributed by atoms with Gasteiger partial charge in [0.15, 0.2) is 6.61 Å². The average Bonchev–Trinajstić information content (AvgIpc) is 2.61. The van der Waals surface area contributed by atoms with Gasteiger partial charge in [0, 0.05) is 17.3 Å². The van der Waals surface area contributed by atoms with Crippen molar-refractivity contribution >= 4 is 17.6 Å².